The summed E-state index contributed by atoms with van der Waals surface area (Å²) in [4.78, 5) is 28.0. The third-order valence-electron chi connectivity index (χ3n) is 4.62. The molecule has 2 N–H and O–H groups in total. The van der Waals surface area contributed by atoms with Crippen LogP contribution in [0.4, 0.5) is 0 Å². The van der Waals surface area contributed by atoms with E-state index >= 15 is 0 Å². The molecule has 3 rings (SSSR count). The lowest BCUT2D eigenvalue weighted by molar-refractivity contribution is -0.119. The molecule has 2 aromatic carbocycles. The molecule has 146 valence electrons. The van der Waals surface area contributed by atoms with Crippen molar-refractivity contribution in [2.75, 3.05) is 39.3 Å². The lowest BCUT2D eigenvalue weighted by Crippen LogP contribution is -2.48. The molecular weight excluding hydrogens is 354 g/mol. The minimum atomic E-state index is -0.570. The summed E-state index contributed by atoms with van der Waals surface area (Å²) in [5.74, 6) is -0.265. The molecule has 1 saturated heterocycles. The zero-order valence-corrected chi connectivity index (χ0v) is 15.8. The third-order valence-corrected chi connectivity index (χ3v) is 4.62. The monoisotopic (exact) mass is 379 g/mol. The number of hydrogen-bond acceptors (Lipinski definition) is 4. The second-order valence-electron chi connectivity index (χ2n) is 6.66. The molecule has 1 aliphatic rings. The standard InChI is InChI=1S/C22H25N3O3/c23-21(26)17-28-20-11-5-4-10-19(20)22(27)25-15-13-24(14-16-25)12-6-9-18-7-2-1-3-8-18/h1-11H,12-17H2,(H2,23,26)/b9-6+. The van der Waals surface area contributed by atoms with E-state index in [1.165, 1.54) is 5.56 Å². The molecule has 0 aromatic heterocycles. The van der Waals surface area contributed by atoms with Crippen LogP contribution in [0, 0.1) is 0 Å². The van der Waals surface area contributed by atoms with E-state index in [2.05, 4.69) is 29.2 Å². The fraction of sp³-hybridized carbons (Fsp3) is 0.273. The van der Waals surface area contributed by atoms with E-state index in [-0.39, 0.29) is 12.5 Å². The van der Waals surface area contributed by atoms with Gasteiger partial charge in [-0.05, 0) is 17.7 Å². The Labute approximate surface area is 165 Å². The third kappa shape index (κ3) is 5.44. The van der Waals surface area contributed by atoms with Crippen molar-refractivity contribution in [1.29, 1.82) is 0 Å². The van der Waals surface area contributed by atoms with Gasteiger partial charge in [-0.2, -0.15) is 0 Å². The van der Waals surface area contributed by atoms with Gasteiger partial charge in [0.05, 0.1) is 5.56 Å². The summed E-state index contributed by atoms with van der Waals surface area (Å²) in [5, 5.41) is 0. The van der Waals surface area contributed by atoms with Crippen LogP contribution in [0.3, 0.4) is 0 Å². The molecule has 1 heterocycles. The lowest BCUT2D eigenvalue weighted by Gasteiger charge is -2.34. The molecule has 2 amide bonds. The van der Waals surface area contributed by atoms with Crippen LogP contribution in [0.25, 0.3) is 6.08 Å². The number of amides is 2. The van der Waals surface area contributed by atoms with Gasteiger partial charge >= 0.3 is 0 Å². The maximum atomic E-state index is 12.9. The molecule has 6 nitrogen and oxygen atoms in total. The average molecular weight is 379 g/mol. The number of carbonyl (C=O) groups excluding carboxylic acids is 2. The number of para-hydroxylation sites is 1. The Morgan fingerprint density at radius 2 is 1.64 bits per heavy atom. The second-order valence-corrected chi connectivity index (χ2v) is 6.66. The van der Waals surface area contributed by atoms with Gasteiger partial charge in [0.1, 0.15) is 5.75 Å². The van der Waals surface area contributed by atoms with Crippen molar-refractivity contribution in [1.82, 2.24) is 9.80 Å². The molecular formula is C22H25N3O3. The quantitative estimate of drug-likeness (QED) is 0.799. The zero-order chi connectivity index (χ0) is 19.8. The van der Waals surface area contributed by atoms with Gasteiger partial charge in [-0.1, -0.05) is 54.6 Å². The van der Waals surface area contributed by atoms with Crippen LogP contribution in [0.1, 0.15) is 15.9 Å². The summed E-state index contributed by atoms with van der Waals surface area (Å²) >= 11 is 0. The van der Waals surface area contributed by atoms with E-state index in [0.29, 0.717) is 24.4 Å². The highest BCUT2D eigenvalue weighted by Crippen LogP contribution is 2.20. The Morgan fingerprint density at radius 3 is 2.36 bits per heavy atom. The molecule has 1 fully saturated rings. The maximum absolute atomic E-state index is 12.9. The number of carbonyl (C=O) groups is 2. The number of primary amides is 1. The fourth-order valence-electron chi connectivity index (χ4n) is 3.12. The number of benzene rings is 2. The number of hydrogen-bond donors (Lipinski definition) is 1. The summed E-state index contributed by atoms with van der Waals surface area (Å²) in [6.45, 7) is 3.55. The number of rotatable bonds is 7. The van der Waals surface area contributed by atoms with Gasteiger partial charge in [-0.15, -0.1) is 0 Å². The number of piperazine rings is 1. The van der Waals surface area contributed by atoms with Crippen LogP contribution >= 0.6 is 0 Å². The summed E-state index contributed by atoms with van der Waals surface area (Å²) in [5.41, 5.74) is 6.77. The van der Waals surface area contributed by atoms with Gasteiger partial charge in [0.15, 0.2) is 6.61 Å². The van der Waals surface area contributed by atoms with E-state index in [4.69, 9.17) is 10.5 Å². The first-order valence-corrected chi connectivity index (χ1v) is 9.37. The van der Waals surface area contributed by atoms with Crippen LogP contribution in [0.5, 0.6) is 5.75 Å². The smallest absolute Gasteiger partial charge is 0.257 e. The maximum Gasteiger partial charge on any atom is 0.257 e. The molecule has 0 saturated carbocycles. The number of nitrogens with zero attached hydrogens (tertiary/aromatic N) is 2. The Morgan fingerprint density at radius 1 is 0.964 bits per heavy atom. The molecule has 6 heteroatoms. The first kappa shape index (κ1) is 19.6. The summed E-state index contributed by atoms with van der Waals surface area (Å²) in [6.07, 6.45) is 4.27. The molecule has 0 aliphatic carbocycles. The van der Waals surface area contributed by atoms with E-state index < -0.39 is 5.91 Å². The van der Waals surface area contributed by atoms with Crippen LogP contribution in [0.15, 0.2) is 60.7 Å². The molecule has 0 spiro atoms. The van der Waals surface area contributed by atoms with E-state index in [9.17, 15) is 9.59 Å². The normalized spacial score (nSPS) is 14.9. The van der Waals surface area contributed by atoms with Gasteiger partial charge in [0, 0.05) is 32.7 Å². The fourth-order valence-corrected chi connectivity index (χ4v) is 3.12. The zero-order valence-electron chi connectivity index (χ0n) is 15.8. The molecule has 0 radical (unpaired) electrons. The lowest BCUT2D eigenvalue weighted by atomic mass is 10.1. The Balaban J connectivity index is 1.53. The molecule has 1 aliphatic heterocycles. The predicted octanol–water partition coefficient (Wildman–Crippen LogP) is 2.02. The van der Waals surface area contributed by atoms with E-state index in [1.54, 1.807) is 24.3 Å². The highest BCUT2D eigenvalue weighted by atomic mass is 16.5. The highest BCUT2D eigenvalue weighted by molar-refractivity contribution is 5.97. The van der Waals surface area contributed by atoms with Gasteiger partial charge in [0.25, 0.3) is 11.8 Å². The molecule has 0 unspecified atom stereocenters. The minimum absolute atomic E-state index is 0.0838. The topological polar surface area (TPSA) is 75.9 Å². The highest BCUT2D eigenvalue weighted by Gasteiger charge is 2.23. The van der Waals surface area contributed by atoms with E-state index in [0.717, 1.165) is 19.6 Å². The van der Waals surface area contributed by atoms with Crippen molar-refractivity contribution in [3.8, 4) is 5.75 Å². The van der Waals surface area contributed by atoms with Crippen molar-refractivity contribution in [2.24, 2.45) is 5.73 Å². The Hall–Kier alpha value is -3.12. The molecule has 0 bridgehead atoms. The SMILES string of the molecule is NC(=O)COc1ccccc1C(=O)N1CCN(C/C=C/c2ccccc2)CC1. The van der Waals surface area contributed by atoms with Crippen molar-refractivity contribution < 1.29 is 14.3 Å². The minimum Gasteiger partial charge on any atom is -0.483 e. The van der Waals surface area contributed by atoms with Crippen LogP contribution < -0.4 is 10.5 Å². The van der Waals surface area contributed by atoms with Crippen LogP contribution in [0.2, 0.25) is 0 Å². The largest absolute Gasteiger partial charge is 0.483 e. The number of nitrogens with two attached hydrogens (primary N) is 1. The van der Waals surface area contributed by atoms with Crippen molar-refractivity contribution in [2.45, 2.75) is 0 Å². The molecule has 2 aromatic rings. The van der Waals surface area contributed by atoms with E-state index in [1.807, 2.05) is 23.1 Å². The molecule has 28 heavy (non-hydrogen) atoms. The Kier molecular flexibility index (Phi) is 6.81. The van der Waals surface area contributed by atoms with Crippen LogP contribution in [-0.4, -0.2) is 60.9 Å². The van der Waals surface area contributed by atoms with Gasteiger partial charge in [0.2, 0.25) is 0 Å². The number of ether oxygens (including phenoxy) is 1. The summed E-state index contributed by atoms with van der Waals surface area (Å²) in [7, 11) is 0. The first-order chi connectivity index (χ1) is 13.6. The van der Waals surface area contributed by atoms with Gasteiger partial charge < -0.3 is 15.4 Å². The van der Waals surface area contributed by atoms with Crippen molar-refractivity contribution in [3.63, 3.8) is 0 Å². The van der Waals surface area contributed by atoms with Crippen LogP contribution in [-0.2, 0) is 4.79 Å². The van der Waals surface area contributed by atoms with Gasteiger partial charge in [-0.3, -0.25) is 14.5 Å². The predicted molar refractivity (Wildman–Crippen MR) is 109 cm³/mol. The summed E-state index contributed by atoms with van der Waals surface area (Å²) < 4.78 is 5.39. The Bertz CT molecular complexity index is 828. The average Bonchev–Trinajstić information content (AvgIpc) is 2.73. The van der Waals surface area contributed by atoms with Crippen molar-refractivity contribution >= 4 is 17.9 Å². The van der Waals surface area contributed by atoms with Gasteiger partial charge in [-0.25, -0.2) is 0 Å². The second kappa shape index (κ2) is 9.71. The van der Waals surface area contributed by atoms with Crippen molar-refractivity contribution in [3.05, 3.63) is 71.8 Å². The first-order valence-electron chi connectivity index (χ1n) is 9.37. The summed E-state index contributed by atoms with van der Waals surface area (Å²) in [6, 6.07) is 17.2. The molecule has 0 atom stereocenters.